The van der Waals surface area contributed by atoms with Crippen LogP contribution >= 0.6 is 38.3 Å². The topological polar surface area (TPSA) is 55.2 Å². The maximum atomic E-state index is 14.0. The number of Topliss-reactive ketones (excluding diaryl/α,β-unsaturated/α-hetero) is 1. The molecule has 4 aromatic rings. The Kier molecular flexibility index (Phi) is 9.05. The van der Waals surface area contributed by atoms with Gasteiger partial charge in [-0.15, -0.1) is 11.3 Å². The number of halogens is 1. The monoisotopic (exact) mass is 555 g/mol. The van der Waals surface area contributed by atoms with Gasteiger partial charge in [-0.05, 0) is 67.6 Å². The highest BCUT2D eigenvalue weighted by Crippen LogP contribution is 2.47. The summed E-state index contributed by atoms with van der Waals surface area (Å²) >= 11 is 1.40. The molecule has 0 saturated carbocycles. The van der Waals surface area contributed by atoms with E-state index in [4.69, 9.17) is 5.10 Å². The van der Waals surface area contributed by atoms with Crippen LogP contribution in [-0.4, -0.2) is 28.0 Å². The van der Waals surface area contributed by atoms with Gasteiger partial charge in [-0.1, -0.05) is 30.3 Å². The molecule has 0 saturated heterocycles. The number of thiophene rings is 1. The molecule has 0 fully saturated rings. The predicted octanol–water partition coefficient (Wildman–Crippen LogP) is 6.30. The molecule has 5 nitrogen and oxygen atoms in total. The third kappa shape index (κ3) is 5.26. The van der Waals surface area contributed by atoms with Gasteiger partial charge in [0.1, 0.15) is 11.6 Å². The van der Waals surface area contributed by atoms with Gasteiger partial charge in [0.05, 0.1) is 22.2 Å². The van der Waals surface area contributed by atoms with Crippen molar-refractivity contribution in [3.63, 3.8) is 0 Å². The molecule has 9 heteroatoms. The Morgan fingerprint density at radius 2 is 1.73 bits per heavy atom. The summed E-state index contributed by atoms with van der Waals surface area (Å²) in [5.41, 5.74) is 4.37. The van der Waals surface area contributed by atoms with Crippen LogP contribution in [0.15, 0.2) is 66.0 Å². The van der Waals surface area contributed by atoms with E-state index in [0.29, 0.717) is 17.2 Å². The predicted molar refractivity (Wildman–Crippen MR) is 157 cm³/mol. The van der Waals surface area contributed by atoms with Gasteiger partial charge in [0.25, 0.3) is 0 Å². The highest BCUT2D eigenvalue weighted by atomic mass is 32.1. The molecule has 1 amide bonds. The van der Waals surface area contributed by atoms with Gasteiger partial charge in [-0.3, -0.25) is 14.5 Å². The fourth-order valence-electron chi connectivity index (χ4n) is 5.01. The molecule has 0 radical (unpaired) electrons. The SMILES string of the molecule is CCN1C(=O)[C@@H](CC(=O)c2cc(C)cs2)[C@@H](c2ccc(F)cc2)c2c(C)nn(-c3ccccc3)c21.S.S. The average molecular weight is 556 g/mol. The van der Waals surface area contributed by atoms with Crippen molar-refractivity contribution in [2.75, 3.05) is 11.4 Å². The van der Waals surface area contributed by atoms with Crippen LogP contribution in [0.2, 0.25) is 0 Å². The van der Waals surface area contributed by atoms with Crippen LogP contribution in [0.5, 0.6) is 0 Å². The molecule has 2 aromatic carbocycles. The van der Waals surface area contributed by atoms with Crippen LogP contribution in [0.3, 0.4) is 0 Å². The van der Waals surface area contributed by atoms with E-state index in [1.807, 2.05) is 67.2 Å². The van der Waals surface area contributed by atoms with Crippen LogP contribution in [0, 0.1) is 25.6 Å². The van der Waals surface area contributed by atoms with Crippen LogP contribution in [-0.2, 0) is 4.79 Å². The van der Waals surface area contributed by atoms with E-state index >= 15 is 0 Å². The van der Waals surface area contributed by atoms with Crippen molar-refractivity contribution in [1.82, 2.24) is 9.78 Å². The summed E-state index contributed by atoms with van der Waals surface area (Å²) in [5.74, 6) is -0.830. The first-order valence-corrected chi connectivity index (χ1v) is 12.6. The molecule has 0 N–H and O–H groups in total. The molecule has 0 aliphatic carbocycles. The fraction of sp³-hybridized carbons (Fsp3) is 0.250. The third-order valence-electron chi connectivity index (χ3n) is 6.59. The van der Waals surface area contributed by atoms with E-state index < -0.39 is 11.8 Å². The Morgan fingerprint density at radius 3 is 2.32 bits per heavy atom. The zero-order valence-electron chi connectivity index (χ0n) is 20.9. The second-order valence-electron chi connectivity index (χ2n) is 8.90. The number of amides is 1. The Hall–Kier alpha value is -2.88. The molecule has 5 rings (SSSR count). The second-order valence-corrected chi connectivity index (χ2v) is 9.82. The normalized spacial score (nSPS) is 16.5. The van der Waals surface area contributed by atoms with Crippen LogP contribution in [0.4, 0.5) is 10.2 Å². The lowest BCUT2D eigenvalue weighted by molar-refractivity contribution is -0.123. The number of hydrogen-bond acceptors (Lipinski definition) is 4. The molecular formula is C28H30FN3O2S3. The Balaban J connectivity index is 0.00000190. The molecular weight excluding hydrogens is 526 g/mol. The maximum absolute atomic E-state index is 14.0. The molecule has 2 atom stereocenters. The van der Waals surface area contributed by atoms with Gasteiger partial charge in [0.2, 0.25) is 5.91 Å². The van der Waals surface area contributed by atoms with E-state index in [1.165, 1.54) is 23.5 Å². The smallest absolute Gasteiger partial charge is 0.232 e. The zero-order chi connectivity index (χ0) is 24.7. The number of rotatable bonds is 6. The number of hydrogen-bond donors (Lipinski definition) is 0. The van der Waals surface area contributed by atoms with Crippen LogP contribution < -0.4 is 4.90 Å². The number of carbonyl (C=O) groups is 2. The van der Waals surface area contributed by atoms with E-state index in [0.717, 1.165) is 28.1 Å². The van der Waals surface area contributed by atoms with Gasteiger partial charge >= 0.3 is 0 Å². The number of para-hydroxylation sites is 1. The van der Waals surface area contributed by atoms with E-state index in [9.17, 15) is 14.0 Å². The van der Waals surface area contributed by atoms with E-state index in [-0.39, 0.29) is 50.9 Å². The first-order chi connectivity index (χ1) is 16.9. The van der Waals surface area contributed by atoms with Gasteiger partial charge in [0, 0.05) is 24.4 Å². The van der Waals surface area contributed by atoms with Crippen molar-refractivity contribution >= 4 is 55.8 Å². The second kappa shape index (κ2) is 11.7. The van der Waals surface area contributed by atoms with Crippen molar-refractivity contribution in [2.45, 2.75) is 33.1 Å². The summed E-state index contributed by atoms with van der Waals surface area (Å²) in [6, 6.07) is 17.8. The van der Waals surface area contributed by atoms with Gasteiger partial charge < -0.3 is 0 Å². The highest BCUT2D eigenvalue weighted by molar-refractivity contribution is 7.59. The largest absolute Gasteiger partial charge is 0.296 e. The standard InChI is InChI=1S/C28H26FN3O2S.2H2S/c1-4-31-27-25(18(3)30-32(27)21-8-6-5-7-9-21)26(19-10-12-20(29)13-11-19)22(28(31)34)15-23(33)24-14-17(2)16-35-24;;/h5-14,16,22,26H,4,15H2,1-3H3;2*1H2/t22-,26+;;/m0../s1. The molecule has 1 aliphatic heterocycles. The quantitative estimate of drug-likeness (QED) is 0.262. The number of ketones is 1. The first-order valence-electron chi connectivity index (χ1n) is 11.7. The summed E-state index contributed by atoms with van der Waals surface area (Å²) in [6.45, 7) is 6.26. The molecule has 0 unspecified atom stereocenters. The number of benzene rings is 2. The lowest BCUT2D eigenvalue weighted by atomic mass is 9.74. The molecule has 2 aromatic heterocycles. The number of carbonyl (C=O) groups excluding carboxylic acids is 2. The van der Waals surface area contributed by atoms with Crippen LogP contribution in [0.25, 0.3) is 5.69 Å². The number of anilines is 1. The lowest BCUT2D eigenvalue weighted by Gasteiger charge is -2.38. The Morgan fingerprint density at radius 1 is 1.05 bits per heavy atom. The number of aromatic nitrogens is 2. The minimum absolute atomic E-state index is 0. The summed E-state index contributed by atoms with van der Waals surface area (Å²) in [7, 11) is 0. The fourth-order valence-corrected chi connectivity index (χ4v) is 5.86. The number of aryl methyl sites for hydroxylation is 2. The summed E-state index contributed by atoms with van der Waals surface area (Å²) in [4.78, 5) is 29.7. The molecule has 3 heterocycles. The highest BCUT2D eigenvalue weighted by Gasteiger charge is 2.45. The molecule has 1 aliphatic rings. The number of nitrogens with zero attached hydrogens (tertiary/aromatic N) is 3. The minimum Gasteiger partial charge on any atom is -0.296 e. The summed E-state index contributed by atoms with van der Waals surface area (Å²) in [5, 5.41) is 6.77. The molecule has 37 heavy (non-hydrogen) atoms. The van der Waals surface area contributed by atoms with Gasteiger partial charge in [-0.25, -0.2) is 9.07 Å². The van der Waals surface area contributed by atoms with Crippen molar-refractivity contribution in [2.24, 2.45) is 5.92 Å². The summed E-state index contributed by atoms with van der Waals surface area (Å²) < 4.78 is 15.6. The van der Waals surface area contributed by atoms with Crippen molar-refractivity contribution in [1.29, 1.82) is 0 Å². The van der Waals surface area contributed by atoms with Gasteiger partial charge in [0.15, 0.2) is 5.78 Å². The van der Waals surface area contributed by atoms with E-state index in [2.05, 4.69) is 0 Å². The first kappa shape index (κ1) is 28.7. The molecule has 0 bridgehead atoms. The third-order valence-corrected chi connectivity index (χ3v) is 7.68. The van der Waals surface area contributed by atoms with E-state index in [1.54, 1.807) is 17.0 Å². The van der Waals surface area contributed by atoms with Gasteiger partial charge in [-0.2, -0.15) is 32.1 Å². The lowest BCUT2D eigenvalue weighted by Crippen LogP contribution is -2.45. The maximum Gasteiger partial charge on any atom is 0.232 e. The van der Waals surface area contributed by atoms with Crippen molar-refractivity contribution < 1.29 is 14.0 Å². The number of fused-ring (bicyclic) bond motifs is 1. The van der Waals surface area contributed by atoms with Crippen LogP contribution in [0.1, 0.15) is 51.3 Å². The zero-order valence-corrected chi connectivity index (χ0v) is 23.7. The molecule has 194 valence electrons. The average Bonchev–Trinajstić information content (AvgIpc) is 3.44. The minimum atomic E-state index is -0.616. The van der Waals surface area contributed by atoms with Crippen molar-refractivity contribution in [3.05, 3.63) is 99.1 Å². The molecule has 0 spiro atoms. The van der Waals surface area contributed by atoms with Crippen molar-refractivity contribution in [3.8, 4) is 5.69 Å². The Labute approximate surface area is 234 Å². The summed E-state index contributed by atoms with van der Waals surface area (Å²) in [6.07, 6.45) is 0.0761. The Bertz CT molecular complexity index is 1400.